The van der Waals surface area contributed by atoms with Gasteiger partial charge >= 0.3 is 0 Å². The lowest BCUT2D eigenvalue weighted by Crippen LogP contribution is -2.25. The van der Waals surface area contributed by atoms with Gasteiger partial charge in [-0.25, -0.2) is 10.8 Å². The summed E-state index contributed by atoms with van der Waals surface area (Å²) in [6.07, 6.45) is 1.97. The highest BCUT2D eigenvalue weighted by molar-refractivity contribution is 5.47. The molecule has 1 saturated carbocycles. The standard InChI is InChI=1S/C12H18N4O/c13-15-11-2-1-3-12(14-11)16-6-8-4-5-10(17)9(8)7-16/h1-3,8-10,17H,4-7,13H2,(H,14,15). The number of hydrazine groups is 1. The van der Waals surface area contributed by atoms with Crippen LogP contribution in [-0.2, 0) is 0 Å². The van der Waals surface area contributed by atoms with Crippen molar-refractivity contribution in [3.05, 3.63) is 18.2 Å². The average Bonchev–Trinajstić information content (AvgIpc) is 2.92. The molecule has 4 N–H and O–H groups in total. The van der Waals surface area contributed by atoms with Crippen LogP contribution in [0.1, 0.15) is 12.8 Å². The predicted octanol–water partition coefficient (Wildman–Crippen LogP) is 0.574. The van der Waals surface area contributed by atoms with Crippen LogP contribution in [0.25, 0.3) is 0 Å². The van der Waals surface area contributed by atoms with E-state index in [4.69, 9.17) is 5.84 Å². The summed E-state index contributed by atoms with van der Waals surface area (Å²) >= 11 is 0. The molecular weight excluding hydrogens is 216 g/mol. The van der Waals surface area contributed by atoms with Crippen LogP contribution in [0.5, 0.6) is 0 Å². The summed E-state index contributed by atoms with van der Waals surface area (Å²) < 4.78 is 0. The Labute approximate surface area is 101 Å². The number of nitrogens with zero attached hydrogens (tertiary/aromatic N) is 2. The van der Waals surface area contributed by atoms with E-state index in [0.29, 0.717) is 17.7 Å². The third kappa shape index (κ3) is 1.85. The summed E-state index contributed by atoms with van der Waals surface area (Å²) in [4.78, 5) is 6.68. The fourth-order valence-corrected chi connectivity index (χ4v) is 3.10. The molecule has 3 unspecified atom stereocenters. The zero-order chi connectivity index (χ0) is 11.8. The van der Waals surface area contributed by atoms with E-state index >= 15 is 0 Å². The number of hydrogen-bond acceptors (Lipinski definition) is 5. The van der Waals surface area contributed by atoms with Crippen LogP contribution in [0.4, 0.5) is 11.6 Å². The molecule has 2 fully saturated rings. The molecule has 5 nitrogen and oxygen atoms in total. The van der Waals surface area contributed by atoms with Gasteiger partial charge in [-0.3, -0.25) is 0 Å². The number of fused-ring (bicyclic) bond motifs is 1. The van der Waals surface area contributed by atoms with Gasteiger partial charge in [-0.2, -0.15) is 0 Å². The van der Waals surface area contributed by atoms with E-state index in [1.54, 1.807) is 0 Å². The van der Waals surface area contributed by atoms with Gasteiger partial charge in [-0.1, -0.05) is 6.07 Å². The predicted molar refractivity (Wildman–Crippen MR) is 66.5 cm³/mol. The third-order valence-electron chi connectivity index (χ3n) is 4.03. The van der Waals surface area contributed by atoms with E-state index in [1.165, 1.54) is 0 Å². The van der Waals surface area contributed by atoms with Gasteiger partial charge in [-0.15, -0.1) is 0 Å². The van der Waals surface area contributed by atoms with Crippen LogP contribution in [0.2, 0.25) is 0 Å². The van der Waals surface area contributed by atoms with Crippen LogP contribution in [0, 0.1) is 11.8 Å². The van der Waals surface area contributed by atoms with Crippen molar-refractivity contribution in [1.29, 1.82) is 0 Å². The molecular formula is C12H18N4O. The maximum Gasteiger partial charge on any atom is 0.142 e. The Morgan fingerprint density at radius 3 is 3.00 bits per heavy atom. The molecule has 0 radical (unpaired) electrons. The van der Waals surface area contributed by atoms with Gasteiger partial charge < -0.3 is 15.4 Å². The van der Waals surface area contributed by atoms with E-state index in [1.807, 2.05) is 18.2 Å². The van der Waals surface area contributed by atoms with Gasteiger partial charge in [0.25, 0.3) is 0 Å². The Balaban J connectivity index is 1.78. The normalized spacial score (nSPS) is 31.6. The minimum absolute atomic E-state index is 0.124. The number of nitrogens with one attached hydrogen (secondary N) is 1. The molecule has 0 aromatic carbocycles. The largest absolute Gasteiger partial charge is 0.393 e. The van der Waals surface area contributed by atoms with Crippen LogP contribution in [-0.4, -0.2) is 29.3 Å². The SMILES string of the molecule is NNc1cccc(N2CC3CCC(O)C3C2)n1. The van der Waals surface area contributed by atoms with Crippen molar-refractivity contribution in [2.24, 2.45) is 17.7 Å². The number of aromatic nitrogens is 1. The van der Waals surface area contributed by atoms with Crippen LogP contribution < -0.4 is 16.2 Å². The summed E-state index contributed by atoms with van der Waals surface area (Å²) in [7, 11) is 0. The molecule has 1 aromatic heterocycles. The molecule has 17 heavy (non-hydrogen) atoms. The first-order valence-corrected chi connectivity index (χ1v) is 6.14. The number of anilines is 2. The Morgan fingerprint density at radius 2 is 2.24 bits per heavy atom. The van der Waals surface area contributed by atoms with E-state index in [9.17, 15) is 5.11 Å². The molecule has 1 aliphatic carbocycles. The second kappa shape index (κ2) is 4.16. The quantitative estimate of drug-likeness (QED) is 0.515. The average molecular weight is 234 g/mol. The molecule has 0 spiro atoms. The first kappa shape index (κ1) is 10.8. The summed E-state index contributed by atoms with van der Waals surface area (Å²) in [5, 5.41) is 9.89. The van der Waals surface area contributed by atoms with Crippen molar-refractivity contribution in [3.8, 4) is 0 Å². The topological polar surface area (TPSA) is 74.4 Å². The fraction of sp³-hybridized carbons (Fsp3) is 0.583. The first-order valence-electron chi connectivity index (χ1n) is 6.14. The summed E-state index contributed by atoms with van der Waals surface area (Å²) in [6, 6.07) is 5.78. The minimum Gasteiger partial charge on any atom is -0.393 e. The molecule has 1 aromatic rings. The Morgan fingerprint density at radius 1 is 1.35 bits per heavy atom. The number of aliphatic hydroxyl groups is 1. The first-order chi connectivity index (χ1) is 8.28. The maximum absolute atomic E-state index is 9.89. The number of aliphatic hydroxyl groups excluding tert-OH is 1. The van der Waals surface area contributed by atoms with E-state index < -0.39 is 0 Å². The molecule has 1 saturated heterocycles. The smallest absolute Gasteiger partial charge is 0.142 e. The molecule has 3 atom stereocenters. The molecule has 3 rings (SSSR count). The van der Waals surface area contributed by atoms with E-state index in [0.717, 1.165) is 31.7 Å². The van der Waals surface area contributed by atoms with Crippen LogP contribution in [0.15, 0.2) is 18.2 Å². The van der Waals surface area contributed by atoms with Crippen molar-refractivity contribution in [3.63, 3.8) is 0 Å². The molecule has 2 heterocycles. The van der Waals surface area contributed by atoms with Crippen molar-refractivity contribution >= 4 is 11.6 Å². The van der Waals surface area contributed by atoms with Crippen LogP contribution >= 0.6 is 0 Å². The lowest BCUT2D eigenvalue weighted by molar-refractivity contribution is 0.133. The zero-order valence-corrected chi connectivity index (χ0v) is 9.71. The fourth-order valence-electron chi connectivity index (χ4n) is 3.10. The summed E-state index contributed by atoms with van der Waals surface area (Å²) in [5.41, 5.74) is 2.56. The zero-order valence-electron chi connectivity index (χ0n) is 9.71. The van der Waals surface area contributed by atoms with E-state index in [2.05, 4.69) is 15.3 Å². The monoisotopic (exact) mass is 234 g/mol. The lowest BCUT2D eigenvalue weighted by Gasteiger charge is -2.19. The van der Waals surface area contributed by atoms with Gasteiger partial charge in [0, 0.05) is 19.0 Å². The minimum atomic E-state index is -0.124. The van der Waals surface area contributed by atoms with Gasteiger partial charge in [0.15, 0.2) is 0 Å². The molecule has 5 heteroatoms. The van der Waals surface area contributed by atoms with Gasteiger partial charge in [0.2, 0.25) is 0 Å². The molecule has 2 aliphatic rings. The number of pyridine rings is 1. The highest BCUT2D eigenvalue weighted by Gasteiger charge is 2.42. The Hall–Kier alpha value is -1.33. The van der Waals surface area contributed by atoms with Crippen molar-refractivity contribution in [2.45, 2.75) is 18.9 Å². The molecule has 0 bridgehead atoms. The van der Waals surface area contributed by atoms with Gasteiger partial charge in [0.05, 0.1) is 6.10 Å². The van der Waals surface area contributed by atoms with Crippen LogP contribution in [0.3, 0.4) is 0 Å². The van der Waals surface area contributed by atoms with Gasteiger partial charge in [-0.05, 0) is 30.9 Å². The number of rotatable bonds is 2. The lowest BCUT2D eigenvalue weighted by atomic mass is 10.00. The highest BCUT2D eigenvalue weighted by atomic mass is 16.3. The number of hydrogen-bond donors (Lipinski definition) is 3. The summed E-state index contributed by atoms with van der Waals surface area (Å²) in [6.45, 7) is 1.91. The van der Waals surface area contributed by atoms with Gasteiger partial charge in [0.1, 0.15) is 11.6 Å². The van der Waals surface area contributed by atoms with E-state index in [-0.39, 0.29) is 6.10 Å². The van der Waals surface area contributed by atoms with Crippen molar-refractivity contribution < 1.29 is 5.11 Å². The number of nitrogen functional groups attached to an aromatic ring is 1. The highest BCUT2D eigenvalue weighted by Crippen LogP contribution is 2.39. The second-order valence-corrected chi connectivity index (χ2v) is 5.00. The van der Waals surface area contributed by atoms with Crippen molar-refractivity contribution in [1.82, 2.24) is 4.98 Å². The Bertz CT molecular complexity index is 411. The maximum atomic E-state index is 9.89. The van der Waals surface area contributed by atoms with Crippen molar-refractivity contribution in [2.75, 3.05) is 23.4 Å². The third-order valence-corrected chi connectivity index (χ3v) is 4.03. The summed E-state index contributed by atoms with van der Waals surface area (Å²) in [5.74, 6) is 8.04. The molecule has 0 amide bonds. The molecule has 1 aliphatic heterocycles. The molecule has 92 valence electrons. The Kier molecular flexibility index (Phi) is 2.64. The number of nitrogens with two attached hydrogens (primary N) is 1. The second-order valence-electron chi connectivity index (χ2n) is 5.00.